The van der Waals surface area contributed by atoms with Gasteiger partial charge in [0.05, 0.1) is 0 Å². The minimum absolute atomic E-state index is 0.428. The van der Waals surface area contributed by atoms with Gasteiger partial charge >= 0.3 is 0 Å². The molecule has 0 aliphatic rings. The van der Waals surface area contributed by atoms with Crippen molar-refractivity contribution in [3.63, 3.8) is 0 Å². The van der Waals surface area contributed by atoms with Crippen LogP contribution in [0, 0.1) is 0 Å². The summed E-state index contributed by atoms with van der Waals surface area (Å²) in [5.41, 5.74) is 3.54. The highest BCUT2D eigenvalue weighted by Gasteiger charge is 1.95. The van der Waals surface area contributed by atoms with Gasteiger partial charge in [-0.25, -0.2) is 0 Å². The zero-order valence-corrected chi connectivity index (χ0v) is 10.5. The van der Waals surface area contributed by atoms with E-state index in [0.29, 0.717) is 13.3 Å². The summed E-state index contributed by atoms with van der Waals surface area (Å²) in [6, 6.07) is 18.7. The largest absolute Gasteiger partial charge is 0.360 e. The van der Waals surface area contributed by atoms with Gasteiger partial charge in [0.2, 0.25) is 0 Å². The van der Waals surface area contributed by atoms with E-state index in [4.69, 9.17) is 4.74 Å². The standard InChI is InChI=1S/C16H17NO/c1-2-18-13-17-12-14-8-10-16(11-9-14)15-6-4-3-5-7-15/h3-12H,2,13H2,1H3/b17-12+. The fraction of sp³-hybridized carbons (Fsp3) is 0.188. The maximum atomic E-state index is 5.15. The number of benzene rings is 2. The second-order valence-corrected chi connectivity index (χ2v) is 3.92. The van der Waals surface area contributed by atoms with Crippen LogP contribution in [0.3, 0.4) is 0 Å². The monoisotopic (exact) mass is 239 g/mol. The molecule has 18 heavy (non-hydrogen) atoms. The molecule has 0 aliphatic carbocycles. The van der Waals surface area contributed by atoms with Gasteiger partial charge in [-0.3, -0.25) is 4.99 Å². The smallest absolute Gasteiger partial charge is 0.137 e. The van der Waals surface area contributed by atoms with E-state index in [9.17, 15) is 0 Å². The van der Waals surface area contributed by atoms with E-state index in [2.05, 4.69) is 41.4 Å². The van der Waals surface area contributed by atoms with Crippen LogP contribution in [0.25, 0.3) is 11.1 Å². The predicted molar refractivity (Wildman–Crippen MR) is 76.0 cm³/mol. The van der Waals surface area contributed by atoms with Crippen LogP contribution in [-0.4, -0.2) is 19.6 Å². The molecular formula is C16H17NO. The van der Waals surface area contributed by atoms with Crippen LogP contribution in [0.4, 0.5) is 0 Å². The Morgan fingerprint density at radius 2 is 1.61 bits per heavy atom. The molecule has 0 N–H and O–H groups in total. The number of hydrogen-bond acceptors (Lipinski definition) is 2. The molecule has 0 saturated carbocycles. The molecule has 0 spiro atoms. The Bertz CT molecular complexity index is 488. The van der Waals surface area contributed by atoms with Gasteiger partial charge in [0, 0.05) is 12.8 Å². The van der Waals surface area contributed by atoms with E-state index >= 15 is 0 Å². The van der Waals surface area contributed by atoms with Gasteiger partial charge in [0.25, 0.3) is 0 Å². The molecule has 2 aromatic rings. The SMILES string of the molecule is CCOC/N=C/c1ccc(-c2ccccc2)cc1. The summed E-state index contributed by atoms with van der Waals surface area (Å²) in [5.74, 6) is 0. The molecule has 0 radical (unpaired) electrons. The highest BCUT2D eigenvalue weighted by Crippen LogP contribution is 2.18. The first kappa shape index (κ1) is 12.5. The van der Waals surface area contributed by atoms with Crippen molar-refractivity contribution in [3.05, 3.63) is 60.2 Å². The third-order valence-electron chi connectivity index (χ3n) is 2.63. The topological polar surface area (TPSA) is 21.6 Å². The van der Waals surface area contributed by atoms with Crippen molar-refractivity contribution >= 4 is 6.21 Å². The van der Waals surface area contributed by atoms with Crippen molar-refractivity contribution in [3.8, 4) is 11.1 Å². The van der Waals surface area contributed by atoms with Crippen molar-refractivity contribution < 1.29 is 4.74 Å². The summed E-state index contributed by atoms with van der Waals surface area (Å²) in [7, 11) is 0. The maximum absolute atomic E-state index is 5.15. The molecule has 0 saturated heterocycles. The van der Waals surface area contributed by atoms with Crippen molar-refractivity contribution in [1.29, 1.82) is 0 Å². The van der Waals surface area contributed by atoms with Gasteiger partial charge in [-0.2, -0.15) is 0 Å². The summed E-state index contributed by atoms with van der Waals surface area (Å²) in [6.07, 6.45) is 1.84. The summed E-state index contributed by atoms with van der Waals surface area (Å²) in [5, 5.41) is 0. The van der Waals surface area contributed by atoms with E-state index in [1.54, 1.807) is 0 Å². The maximum Gasteiger partial charge on any atom is 0.137 e. The van der Waals surface area contributed by atoms with Crippen LogP contribution in [0.5, 0.6) is 0 Å². The Kier molecular flexibility index (Phi) is 4.68. The Balaban J connectivity index is 2.04. The number of aliphatic imine (C=N–C) groups is 1. The summed E-state index contributed by atoms with van der Waals surface area (Å²) in [6.45, 7) is 3.09. The first-order valence-electron chi connectivity index (χ1n) is 6.13. The van der Waals surface area contributed by atoms with Gasteiger partial charge in [0.1, 0.15) is 6.73 Å². The van der Waals surface area contributed by atoms with Crippen LogP contribution in [0.1, 0.15) is 12.5 Å². The fourth-order valence-electron chi connectivity index (χ4n) is 1.68. The van der Waals surface area contributed by atoms with Crippen LogP contribution in [0.15, 0.2) is 59.6 Å². The molecule has 92 valence electrons. The zero-order chi connectivity index (χ0) is 12.6. The lowest BCUT2D eigenvalue weighted by Crippen LogP contribution is -1.90. The van der Waals surface area contributed by atoms with Crippen LogP contribution < -0.4 is 0 Å². The second kappa shape index (κ2) is 6.72. The van der Waals surface area contributed by atoms with Crippen LogP contribution in [-0.2, 0) is 4.74 Å². The normalized spacial score (nSPS) is 10.9. The van der Waals surface area contributed by atoms with Crippen LogP contribution >= 0.6 is 0 Å². The molecule has 0 amide bonds. The number of ether oxygens (including phenoxy) is 1. The highest BCUT2D eigenvalue weighted by atomic mass is 16.5. The quantitative estimate of drug-likeness (QED) is 0.575. The van der Waals surface area contributed by atoms with E-state index in [1.807, 2.05) is 31.3 Å². The Hall–Kier alpha value is -1.93. The molecule has 0 fully saturated rings. The molecule has 2 rings (SSSR count). The minimum Gasteiger partial charge on any atom is -0.360 e. The first-order chi connectivity index (χ1) is 8.90. The Morgan fingerprint density at radius 3 is 2.28 bits per heavy atom. The van der Waals surface area contributed by atoms with Crippen molar-refractivity contribution in [2.75, 3.05) is 13.3 Å². The molecule has 2 aromatic carbocycles. The first-order valence-corrected chi connectivity index (χ1v) is 6.13. The minimum atomic E-state index is 0.428. The lowest BCUT2D eigenvalue weighted by Gasteiger charge is -2.01. The average Bonchev–Trinajstić information content (AvgIpc) is 2.45. The van der Waals surface area contributed by atoms with Crippen molar-refractivity contribution in [2.45, 2.75) is 6.92 Å². The highest BCUT2D eigenvalue weighted by molar-refractivity contribution is 5.80. The molecular weight excluding hydrogens is 222 g/mol. The molecule has 2 nitrogen and oxygen atoms in total. The van der Waals surface area contributed by atoms with Crippen LogP contribution in [0.2, 0.25) is 0 Å². The van der Waals surface area contributed by atoms with E-state index < -0.39 is 0 Å². The molecule has 0 aliphatic heterocycles. The van der Waals surface area contributed by atoms with Gasteiger partial charge in [-0.05, 0) is 23.6 Å². The molecule has 0 bridgehead atoms. The third-order valence-corrected chi connectivity index (χ3v) is 2.63. The molecule has 0 heterocycles. The van der Waals surface area contributed by atoms with E-state index in [1.165, 1.54) is 11.1 Å². The van der Waals surface area contributed by atoms with Gasteiger partial charge in [-0.1, -0.05) is 54.6 Å². The third kappa shape index (κ3) is 3.54. The lowest BCUT2D eigenvalue weighted by molar-refractivity contribution is 0.157. The van der Waals surface area contributed by atoms with E-state index in [-0.39, 0.29) is 0 Å². The van der Waals surface area contributed by atoms with E-state index in [0.717, 1.165) is 5.56 Å². The van der Waals surface area contributed by atoms with Gasteiger partial charge in [-0.15, -0.1) is 0 Å². The molecule has 2 heteroatoms. The lowest BCUT2D eigenvalue weighted by atomic mass is 10.0. The number of rotatable bonds is 5. The van der Waals surface area contributed by atoms with Gasteiger partial charge < -0.3 is 4.74 Å². The summed E-state index contributed by atoms with van der Waals surface area (Å²) < 4.78 is 5.15. The van der Waals surface area contributed by atoms with Crippen molar-refractivity contribution in [1.82, 2.24) is 0 Å². The second-order valence-electron chi connectivity index (χ2n) is 3.92. The summed E-state index contributed by atoms with van der Waals surface area (Å²) in [4.78, 5) is 4.19. The molecule has 0 atom stereocenters. The average molecular weight is 239 g/mol. The zero-order valence-electron chi connectivity index (χ0n) is 10.5. The Morgan fingerprint density at radius 1 is 0.944 bits per heavy atom. The molecule has 0 aromatic heterocycles. The molecule has 0 unspecified atom stereocenters. The Labute approximate surface area is 108 Å². The number of hydrogen-bond donors (Lipinski definition) is 0. The summed E-state index contributed by atoms with van der Waals surface area (Å²) >= 11 is 0. The van der Waals surface area contributed by atoms with Crippen molar-refractivity contribution in [2.24, 2.45) is 4.99 Å². The predicted octanol–water partition coefficient (Wildman–Crippen LogP) is 3.77. The fourth-order valence-corrected chi connectivity index (χ4v) is 1.68. The van der Waals surface area contributed by atoms with Gasteiger partial charge in [0.15, 0.2) is 0 Å². The number of nitrogens with zero attached hydrogens (tertiary/aromatic N) is 1.